The summed E-state index contributed by atoms with van der Waals surface area (Å²) in [5.74, 6) is 1.68. The van der Waals surface area contributed by atoms with Gasteiger partial charge in [-0.1, -0.05) is 30.3 Å². The van der Waals surface area contributed by atoms with Gasteiger partial charge in [0.25, 0.3) is 0 Å². The zero-order valence-corrected chi connectivity index (χ0v) is 16.8. The molecular formula is C19H32N4O2S. The van der Waals surface area contributed by atoms with Gasteiger partial charge in [0, 0.05) is 32.7 Å². The van der Waals surface area contributed by atoms with E-state index >= 15 is 0 Å². The zero-order chi connectivity index (χ0) is 18.8. The van der Waals surface area contributed by atoms with Crippen LogP contribution >= 0.6 is 0 Å². The third kappa shape index (κ3) is 7.74. The number of nitrogens with one attached hydrogen (secondary N) is 2. The van der Waals surface area contributed by atoms with Gasteiger partial charge in [-0.3, -0.25) is 4.99 Å². The van der Waals surface area contributed by atoms with Gasteiger partial charge in [-0.05, 0) is 44.1 Å². The van der Waals surface area contributed by atoms with E-state index in [4.69, 9.17) is 0 Å². The topological polar surface area (TPSA) is 73.8 Å². The number of sulfonamides is 1. The molecule has 1 aliphatic rings. The molecule has 1 aliphatic heterocycles. The quantitative estimate of drug-likeness (QED) is 0.410. The molecule has 7 heteroatoms. The second-order valence-electron chi connectivity index (χ2n) is 6.88. The number of guanidine groups is 1. The van der Waals surface area contributed by atoms with Crippen LogP contribution < -0.4 is 10.0 Å². The van der Waals surface area contributed by atoms with E-state index in [-0.39, 0.29) is 0 Å². The molecule has 6 nitrogen and oxygen atoms in total. The highest BCUT2D eigenvalue weighted by Crippen LogP contribution is 2.21. The van der Waals surface area contributed by atoms with Crippen LogP contribution in [-0.2, 0) is 16.4 Å². The molecule has 0 aromatic heterocycles. The van der Waals surface area contributed by atoms with Crippen LogP contribution in [0.4, 0.5) is 0 Å². The lowest BCUT2D eigenvalue weighted by Crippen LogP contribution is -2.46. The first-order valence-electron chi connectivity index (χ1n) is 9.49. The molecule has 0 saturated carbocycles. The summed E-state index contributed by atoms with van der Waals surface area (Å²) in [5.41, 5.74) is 1.42. The molecule has 2 rings (SSSR count). The summed E-state index contributed by atoms with van der Waals surface area (Å²) in [6.45, 7) is 6.00. The van der Waals surface area contributed by atoms with Crippen LogP contribution in [0.2, 0.25) is 0 Å². The van der Waals surface area contributed by atoms with Crippen LogP contribution in [0.25, 0.3) is 0 Å². The maximum atomic E-state index is 11.1. The highest BCUT2D eigenvalue weighted by Gasteiger charge is 2.21. The highest BCUT2D eigenvalue weighted by molar-refractivity contribution is 7.88. The van der Waals surface area contributed by atoms with Gasteiger partial charge in [-0.2, -0.15) is 0 Å². The fourth-order valence-corrected chi connectivity index (χ4v) is 3.76. The van der Waals surface area contributed by atoms with Crippen molar-refractivity contribution in [3.05, 3.63) is 35.9 Å². The monoisotopic (exact) mass is 380 g/mol. The lowest BCUT2D eigenvalue weighted by Gasteiger charge is -2.34. The van der Waals surface area contributed by atoms with E-state index in [2.05, 4.69) is 57.2 Å². The largest absolute Gasteiger partial charge is 0.357 e. The Morgan fingerprint density at radius 3 is 2.54 bits per heavy atom. The summed E-state index contributed by atoms with van der Waals surface area (Å²) in [5, 5.41) is 3.36. The molecule has 0 unspecified atom stereocenters. The summed E-state index contributed by atoms with van der Waals surface area (Å²) in [6, 6.07) is 10.7. The SMILES string of the molecule is CCNC(=NCCCNS(C)(=O)=O)N1CCC(Cc2ccccc2)CC1. The Morgan fingerprint density at radius 2 is 1.92 bits per heavy atom. The number of hydrogen-bond donors (Lipinski definition) is 2. The smallest absolute Gasteiger partial charge is 0.208 e. The Hall–Kier alpha value is -1.60. The predicted molar refractivity (Wildman–Crippen MR) is 108 cm³/mol. The van der Waals surface area contributed by atoms with E-state index in [9.17, 15) is 8.42 Å². The number of nitrogens with zero attached hydrogens (tertiary/aromatic N) is 2. The average Bonchev–Trinajstić information content (AvgIpc) is 2.61. The van der Waals surface area contributed by atoms with Gasteiger partial charge in [-0.15, -0.1) is 0 Å². The maximum absolute atomic E-state index is 11.1. The van der Waals surface area contributed by atoms with Gasteiger partial charge in [0.1, 0.15) is 0 Å². The van der Waals surface area contributed by atoms with Gasteiger partial charge in [0.05, 0.1) is 6.26 Å². The van der Waals surface area contributed by atoms with E-state index in [1.54, 1.807) is 0 Å². The first-order valence-corrected chi connectivity index (χ1v) is 11.4. The van der Waals surface area contributed by atoms with Crippen LogP contribution in [0.1, 0.15) is 31.7 Å². The maximum Gasteiger partial charge on any atom is 0.208 e. The van der Waals surface area contributed by atoms with Gasteiger partial charge in [-0.25, -0.2) is 13.1 Å². The molecule has 1 aromatic rings. The molecule has 1 aromatic carbocycles. The summed E-state index contributed by atoms with van der Waals surface area (Å²) in [7, 11) is -3.11. The van der Waals surface area contributed by atoms with Crippen molar-refractivity contribution >= 4 is 16.0 Å². The molecular weight excluding hydrogens is 348 g/mol. The van der Waals surface area contributed by atoms with Crippen LogP contribution in [0.3, 0.4) is 0 Å². The van der Waals surface area contributed by atoms with Gasteiger partial charge in [0.2, 0.25) is 10.0 Å². The second-order valence-corrected chi connectivity index (χ2v) is 8.71. The molecule has 1 saturated heterocycles. The van der Waals surface area contributed by atoms with Crippen LogP contribution in [-0.4, -0.2) is 58.3 Å². The van der Waals surface area contributed by atoms with Gasteiger partial charge >= 0.3 is 0 Å². The Morgan fingerprint density at radius 1 is 1.23 bits per heavy atom. The number of likely N-dealkylation sites (tertiary alicyclic amines) is 1. The first-order chi connectivity index (χ1) is 12.5. The normalized spacial score (nSPS) is 16.7. The predicted octanol–water partition coefficient (Wildman–Crippen LogP) is 1.85. The minimum Gasteiger partial charge on any atom is -0.357 e. The minimum atomic E-state index is -3.11. The fraction of sp³-hybridized carbons (Fsp3) is 0.632. The zero-order valence-electron chi connectivity index (χ0n) is 15.9. The molecule has 146 valence electrons. The number of aliphatic imine (C=N–C) groups is 1. The summed E-state index contributed by atoms with van der Waals surface area (Å²) in [6.07, 6.45) is 5.38. The molecule has 0 amide bonds. The van der Waals surface area contributed by atoms with Crippen molar-refractivity contribution in [3.8, 4) is 0 Å². The van der Waals surface area contributed by atoms with Crippen molar-refractivity contribution in [2.45, 2.75) is 32.6 Å². The van der Waals surface area contributed by atoms with Crippen molar-refractivity contribution in [3.63, 3.8) is 0 Å². The van der Waals surface area contributed by atoms with E-state index in [1.807, 2.05) is 0 Å². The summed E-state index contributed by atoms with van der Waals surface area (Å²) >= 11 is 0. The van der Waals surface area contributed by atoms with Gasteiger partial charge in [0.15, 0.2) is 5.96 Å². The van der Waals surface area contributed by atoms with Crippen molar-refractivity contribution < 1.29 is 8.42 Å². The minimum absolute atomic E-state index is 0.431. The second kappa shape index (κ2) is 10.5. The van der Waals surface area contributed by atoms with Crippen molar-refractivity contribution in [1.29, 1.82) is 0 Å². The fourth-order valence-electron chi connectivity index (χ4n) is 3.24. The summed E-state index contributed by atoms with van der Waals surface area (Å²) < 4.78 is 24.6. The standard InChI is InChI=1S/C19H32N4O2S/c1-3-20-19(21-12-7-13-22-26(2,24)25)23-14-10-18(11-15-23)16-17-8-5-4-6-9-17/h4-6,8-9,18,22H,3,7,10-16H2,1-2H3,(H,20,21). The molecule has 1 fully saturated rings. The third-order valence-corrected chi connectivity index (χ3v) is 5.31. The number of benzene rings is 1. The van der Waals surface area contributed by atoms with Gasteiger partial charge < -0.3 is 10.2 Å². The molecule has 0 atom stereocenters. The van der Waals surface area contributed by atoms with Crippen LogP contribution in [0, 0.1) is 5.92 Å². The third-order valence-electron chi connectivity index (χ3n) is 4.58. The van der Waals surface area contributed by atoms with E-state index < -0.39 is 10.0 Å². The van der Waals surface area contributed by atoms with Crippen molar-refractivity contribution in [1.82, 2.24) is 14.9 Å². The molecule has 0 radical (unpaired) electrons. The summed E-state index contributed by atoms with van der Waals surface area (Å²) in [4.78, 5) is 6.99. The Kier molecular flexibility index (Phi) is 8.38. The molecule has 0 aliphatic carbocycles. The number of piperidine rings is 1. The average molecular weight is 381 g/mol. The highest BCUT2D eigenvalue weighted by atomic mass is 32.2. The van der Waals surface area contributed by atoms with Crippen LogP contribution in [0.15, 0.2) is 35.3 Å². The van der Waals surface area contributed by atoms with E-state index in [1.165, 1.54) is 24.7 Å². The van der Waals surface area contributed by atoms with E-state index in [0.717, 1.165) is 37.9 Å². The lowest BCUT2D eigenvalue weighted by atomic mass is 9.90. The van der Waals surface area contributed by atoms with Crippen LogP contribution in [0.5, 0.6) is 0 Å². The Labute approximate surface area is 158 Å². The van der Waals surface area contributed by atoms with Crippen molar-refractivity contribution in [2.24, 2.45) is 10.9 Å². The van der Waals surface area contributed by atoms with E-state index in [0.29, 0.717) is 19.5 Å². The Balaban J connectivity index is 1.78. The number of hydrogen-bond acceptors (Lipinski definition) is 3. The Bertz CT molecular complexity index is 653. The number of rotatable bonds is 8. The molecule has 26 heavy (non-hydrogen) atoms. The molecule has 0 spiro atoms. The molecule has 2 N–H and O–H groups in total. The first kappa shape index (κ1) is 20.7. The van der Waals surface area contributed by atoms with Crippen molar-refractivity contribution in [2.75, 3.05) is 39.0 Å². The molecule has 0 bridgehead atoms. The molecule has 1 heterocycles. The lowest BCUT2D eigenvalue weighted by molar-refractivity contribution is 0.259.